The van der Waals surface area contributed by atoms with Crippen molar-refractivity contribution in [3.8, 4) is 5.75 Å². The third-order valence-corrected chi connectivity index (χ3v) is 5.69. The number of ether oxygens (including phenoxy) is 2. The molecule has 0 radical (unpaired) electrons. The molecular formula is C18H16Cl2F2N2O6S. The van der Waals surface area contributed by atoms with E-state index in [1.807, 2.05) is 0 Å². The molecule has 13 heteroatoms. The number of anilines is 1. The average Bonchev–Trinajstić information content (AvgIpc) is 2.68. The van der Waals surface area contributed by atoms with Gasteiger partial charge in [0.1, 0.15) is 11.8 Å². The fraction of sp³-hybridized carbons (Fsp3) is 0.222. The van der Waals surface area contributed by atoms with Crippen molar-refractivity contribution in [2.45, 2.75) is 24.5 Å². The van der Waals surface area contributed by atoms with Gasteiger partial charge < -0.3 is 14.8 Å². The maximum Gasteiger partial charge on any atom is 0.387 e. The Kier molecular flexibility index (Phi) is 8.57. The van der Waals surface area contributed by atoms with E-state index in [-0.39, 0.29) is 21.4 Å². The van der Waals surface area contributed by atoms with Crippen molar-refractivity contribution in [2.75, 3.05) is 11.9 Å². The summed E-state index contributed by atoms with van der Waals surface area (Å²) in [7, 11) is -4.02. The van der Waals surface area contributed by atoms with Crippen LogP contribution in [-0.2, 0) is 24.3 Å². The molecule has 31 heavy (non-hydrogen) atoms. The van der Waals surface area contributed by atoms with E-state index in [9.17, 15) is 26.8 Å². The summed E-state index contributed by atoms with van der Waals surface area (Å²) in [6.45, 7) is -2.54. The van der Waals surface area contributed by atoms with Gasteiger partial charge in [-0.2, -0.15) is 13.5 Å². The normalized spacial score (nSPS) is 12.3. The van der Waals surface area contributed by atoms with Crippen molar-refractivity contribution in [3.63, 3.8) is 0 Å². The average molecular weight is 497 g/mol. The first-order valence-corrected chi connectivity index (χ1v) is 10.7. The van der Waals surface area contributed by atoms with E-state index in [2.05, 4.69) is 14.8 Å². The summed E-state index contributed by atoms with van der Waals surface area (Å²) in [5.74, 6) is -2.03. The highest BCUT2D eigenvalue weighted by Gasteiger charge is 2.23. The number of sulfonamides is 1. The first-order chi connectivity index (χ1) is 14.5. The van der Waals surface area contributed by atoms with Crippen molar-refractivity contribution >= 4 is 50.8 Å². The first kappa shape index (κ1) is 24.8. The fourth-order valence-electron chi connectivity index (χ4n) is 2.19. The van der Waals surface area contributed by atoms with Gasteiger partial charge in [0.2, 0.25) is 10.0 Å². The SMILES string of the molecule is CC(NS(=O)(=O)c1ccc(Cl)cc1)C(=O)OCC(=O)Nc1ccc(OC(F)F)c(Cl)c1. The van der Waals surface area contributed by atoms with Gasteiger partial charge in [0.25, 0.3) is 5.91 Å². The number of benzene rings is 2. The van der Waals surface area contributed by atoms with Gasteiger partial charge in [-0.05, 0) is 49.4 Å². The summed E-state index contributed by atoms with van der Waals surface area (Å²) in [6.07, 6.45) is 0. The molecule has 168 valence electrons. The number of hydrogen-bond donors (Lipinski definition) is 2. The predicted octanol–water partition coefficient (Wildman–Crippen LogP) is 3.44. The highest BCUT2D eigenvalue weighted by atomic mass is 35.5. The maximum atomic E-state index is 12.3. The molecule has 0 aromatic heterocycles. The van der Waals surface area contributed by atoms with Gasteiger partial charge in [-0.25, -0.2) is 8.42 Å². The lowest BCUT2D eigenvalue weighted by molar-refractivity contribution is -0.148. The Labute approximate surface area is 186 Å². The summed E-state index contributed by atoms with van der Waals surface area (Å²) in [4.78, 5) is 23.8. The Morgan fingerprint density at radius 1 is 1.10 bits per heavy atom. The topological polar surface area (TPSA) is 111 Å². The third kappa shape index (κ3) is 7.62. The van der Waals surface area contributed by atoms with Crippen LogP contribution in [0.2, 0.25) is 10.0 Å². The van der Waals surface area contributed by atoms with Crippen LogP contribution >= 0.6 is 23.2 Å². The third-order valence-electron chi connectivity index (χ3n) is 3.59. The quantitative estimate of drug-likeness (QED) is 0.514. The maximum absolute atomic E-state index is 12.3. The number of esters is 1. The second-order valence-corrected chi connectivity index (χ2v) is 8.53. The van der Waals surface area contributed by atoms with Crippen LogP contribution in [0.5, 0.6) is 5.75 Å². The summed E-state index contributed by atoms with van der Waals surface area (Å²) in [6, 6.07) is 7.55. The Bertz CT molecular complexity index is 1050. The summed E-state index contributed by atoms with van der Waals surface area (Å²) >= 11 is 11.5. The van der Waals surface area contributed by atoms with E-state index in [1.54, 1.807) is 0 Å². The number of alkyl halides is 2. The smallest absolute Gasteiger partial charge is 0.387 e. The molecule has 8 nitrogen and oxygen atoms in total. The summed E-state index contributed by atoms with van der Waals surface area (Å²) in [5.41, 5.74) is 0.143. The van der Waals surface area contributed by atoms with Gasteiger partial charge in [-0.15, -0.1) is 0 Å². The Morgan fingerprint density at radius 3 is 2.32 bits per heavy atom. The highest BCUT2D eigenvalue weighted by molar-refractivity contribution is 7.89. The van der Waals surface area contributed by atoms with Crippen LogP contribution < -0.4 is 14.8 Å². The zero-order chi connectivity index (χ0) is 23.2. The number of carbonyl (C=O) groups is 2. The van der Waals surface area contributed by atoms with Gasteiger partial charge in [0.05, 0.1) is 9.92 Å². The van der Waals surface area contributed by atoms with Gasteiger partial charge in [0, 0.05) is 10.7 Å². The van der Waals surface area contributed by atoms with Crippen LogP contribution in [-0.4, -0.2) is 39.6 Å². The lowest BCUT2D eigenvalue weighted by Crippen LogP contribution is -2.40. The van der Waals surface area contributed by atoms with Crippen molar-refractivity contribution in [2.24, 2.45) is 0 Å². The van der Waals surface area contributed by atoms with Crippen LogP contribution in [0, 0.1) is 0 Å². The zero-order valence-electron chi connectivity index (χ0n) is 15.8. The number of carbonyl (C=O) groups excluding carboxylic acids is 2. The number of amides is 1. The van der Waals surface area contributed by atoms with Gasteiger partial charge in [0.15, 0.2) is 6.61 Å². The van der Waals surface area contributed by atoms with Crippen molar-refractivity contribution in [3.05, 3.63) is 52.5 Å². The molecule has 0 aliphatic heterocycles. The van der Waals surface area contributed by atoms with E-state index in [0.29, 0.717) is 5.02 Å². The molecule has 1 unspecified atom stereocenters. The van der Waals surface area contributed by atoms with E-state index in [0.717, 1.165) is 6.07 Å². The van der Waals surface area contributed by atoms with Crippen molar-refractivity contribution in [1.29, 1.82) is 0 Å². The van der Waals surface area contributed by atoms with Gasteiger partial charge >= 0.3 is 12.6 Å². The van der Waals surface area contributed by atoms with Crippen LogP contribution in [0.15, 0.2) is 47.4 Å². The van der Waals surface area contributed by atoms with Gasteiger partial charge in [-0.1, -0.05) is 23.2 Å². The monoisotopic (exact) mass is 496 g/mol. The molecule has 0 fully saturated rings. The van der Waals surface area contributed by atoms with E-state index in [4.69, 9.17) is 27.9 Å². The predicted molar refractivity (Wildman–Crippen MR) is 109 cm³/mol. The Balaban J connectivity index is 1.88. The minimum atomic E-state index is -4.02. The molecule has 0 aliphatic carbocycles. The summed E-state index contributed by atoms with van der Waals surface area (Å²) in [5, 5.41) is 2.52. The summed E-state index contributed by atoms with van der Waals surface area (Å²) < 4.78 is 60.0. The standard InChI is InChI=1S/C18H16Cl2F2N2O6S/c1-10(24-31(27,28)13-5-2-11(19)3-6-13)17(26)29-9-16(25)23-12-4-7-15(14(20)8-12)30-18(21)22/h2-8,10,18,24H,9H2,1H3,(H,23,25). The second kappa shape index (κ2) is 10.7. The molecule has 2 rings (SSSR count). The van der Waals surface area contributed by atoms with Crippen LogP contribution in [0.3, 0.4) is 0 Å². The molecule has 1 amide bonds. The molecule has 0 saturated carbocycles. The number of nitrogens with one attached hydrogen (secondary N) is 2. The molecule has 0 aliphatic rings. The minimum Gasteiger partial charge on any atom is -0.454 e. The highest BCUT2D eigenvalue weighted by Crippen LogP contribution is 2.28. The van der Waals surface area contributed by atoms with Gasteiger partial charge in [-0.3, -0.25) is 9.59 Å². The molecule has 0 spiro atoms. The Morgan fingerprint density at radius 2 is 1.74 bits per heavy atom. The molecule has 2 aromatic carbocycles. The molecule has 2 N–H and O–H groups in total. The second-order valence-electron chi connectivity index (χ2n) is 5.98. The molecule has 0 saturated heterocycles. The lowest BCUT2D eigenvalue weighted by atomic mass is 10.3. The van der Waals surface area contributed by atoms with Crippen LogP contribution in [0.1, 0.15) is 6.92 Å². The molecule has 0 bridgehead atoms. The molecular weight excluding hydrogens is 481 g/mol. The van der Waals surface area contributed by atoms with Crippen molar-refractivity contribution in [1.82, 2.24) is 4.72 Å². The molecule has 0 heterocycles. The van der Waals surface area contributed by atoms with Crippen molar-refractivity contribution < 1.29 is 36.3 Å². The minimum absolute atomic E-state index is 0.106. The van der Waals surface area contributed by atoms with E-state index in [1.165, 1.54) is 43.3 Å². The Hall–Kier alpha value is -2.47. The number of halogens is 4. The largest absolute Gasteiger partial charge is 0.454 e. The first-order valence-electron chi connectivity index (χ1n) is 8.46. The molecule has 2 aromatic rings. The molecule has 1 atom stereocenters. The van der Waals surface area contributed by atoms with E-state index >= 15 is 0 Å². The zero-order valence-corrected chi connectivity index (χ0v) is 18.1. The number of rotatable bonds is 9. The van der Waals surface area contributed by atoms with Crippen LogP contribution in [0.25, 0.3) is 0 Å². The van der Waals surface area contributed by atoms with E-state index < -0.39 is 41.2 Å². The number of hydrogen-bond acceptors (Lipinski definition) is 6. The van der Waals surface area contributed by atoms with Crippen LogP contribution in [0.4, 0.5) is 14.5 Å². The fourth-order valence-corrected chi connectivity index (χ4v) is 3.73. The lowest BCUT2D eigenvalue weighted by Gasteiger charge is -2.14.